The van der Waals surface area contributed by atoms with E-state index in [0.29, 0.717) is 12.3 Å². The molecule has 0 fully saturated rings. The molecule has 1 aliphatic rings. The molecule has 6 heteroatoms. The number of benzene rings is 2. The van der Waals surface area contributed by atoms with E-state index in [0.717, 1.165) is 47.5 Å². The maximum Gasteiger partial charge on any atom is 0.234 e. The maximum atomic E-state index is 13.9. The van der Waals surface area contributed by atoms with E-state index in [4.69, 9.17) is 9.47 Å². The van der Waals surface area contributed by atoms with Gasteiger partial charge in [0.05, 0.1) is 45.2 Å². The van der Waals surface area contributed by atoms with Crippen molar-refractivity contribution in [3.05, 3.63) is 83.2 Å². The summed E-state index contributed by atoms with van der Waals surface area (Å²) in [6.45, 7) is 0.307. The summed E-state index contributed by atoms with van der Waals surface area (Å²) in [7, 11) is 3.25. The van der Waals surface area contributed by atoms with Crippen LogP contribution in [0.4, 0.5) is 5.69 Å². The van der Waals surface area contributed by atoms with Gasteiger partial charge in [-0.05, 0) is 72.4 Å². The van der Waals surface area contributed by atoms with Crippen LogP contribution < -0.4 is 14.4 Å². The number of hydrogen-bond donors (Lipinski definition) is 1. The predicted octanol–water partition coefficient (Wildman–Crippen LogP) is 4.24. The van der Waals surface area contributed by atoms with Crippen LogP contribution in [0.5, 0.6) is 11.5 Å². The molecule has 166 valence electrons. The lowest BCUT2D eigenvalue weighted by Crippen LogP contribution is -2.36. The quantitative estimate of drug-likeness (QED) is 0.605. The molecule has 2 aromatic carbocycles. The lowest BCUT2D eigenvalue weighted by Gasteiger charge is -2.31. The van der Waals surface area contributed by atoms with E-state index in [1.54, 1.807) is 25.3 Å². The van der Waals surface area contributed by atoms with E-state index in [-0.39, 0.29) is 18.4 Å². The summed E-state index contributed by atoms with van der Waals surface area (Å²) < 4.78 is 10.6. The smallest absolute Gasteiger partial charge is 0.234 e. The third kappa shape index (κ3) is 4.60. The van der Waals surface area contributed by atoms with Crippen LogP contribution in [0.15, 0.2) is 60.8 Å². The van der Waals surface area contributed by atoms with Crippen LogP contribution in [0, 0.1) is 0 Å². The molecular weight excluding hydrogens is 404 g/mol. The molecule has 0 spiro atoms. The van der Waals surface area contributed by atoms with E-state index < -0.39 is 0 Å². The first-order valence-electron chi connectivity index (χ1n) is 10.8. The van der Waals surface area contributed by atoms with Crippen molar-refractivity contribution in [2.24, 2.45) is 0 Å². The average Bonchev–Trinajstić information content (AvgIpc) is 2.86. The predicted molar refractivity (Wildman–Crippen MR) is 123 cm³/mol. The molecule has 1 aromatic heterocycles. The molecule has 1 aliphatic carbocycles. The Morgan fingerprint density at radius 2 is 1.81 bits per heavy atom. The first kappa shape index (κ1) is 21.8. The monoisotopic (exact) mass is 432 g/mol. The van der Waals surface area contributed by atoms with Gasteiger partial charge in [-0.3, -0.25) is 9.78 Å². The summed E-state index contributed by atoms with van der Waals surface area (Å²) >= 11 is 0. The van der Waals surface area contributed by atoms with Gasteiger partial charge in [-0.25, -0.2) is 0 Å². The zero-order valence-corrected chi connectivity index (χ0v) is 18.5. The molecule has 0 saturated heterocycles. The maximum absolute atomic E-state index is 13.9. The second-order valence-electron chi connectivity index (χ2n) is 7.95. The number of aryl methyl sites for hydroxylation is 1. The number of hydrogen-bond acceptors (Lipinski definition) is 5. The van der Waals surface area contributed by atoms with Gasteiger partial charge in [0.1, 0.15) is 11.5 Å². The van der Waals surface area contributed by atoms with Crippen LogP contribution in [-0.4, -0.2) is 30.2 Å². The number of aliphatic hydroxyl groups is 1. The van der Waals surface area contributed by atoms with Gasteiger partial charge in [0.2, 0.25) is 5.91 Å². The molecule has 0 aliphatic heterocycles. The number of amides is 1. The minimum absolute atomic E-state index is 0.0357. The zero-order chi connectivity index (χ0) is 22.5. The van der Waals surface area contributed by atoms with Crippen LogP contribution in [0.3, 0.4) is 0 Å². The fraction of sp³-hybridized carbons (Fsp3) is 0.308. The lowest BCUT2D eigenvalue weighted by molar-refractivity contribution is -0.120. The first-order chi connectivity index (χ1) is 15.6. The third-order valence-electron chi connectivity index (χ3n) is 6.02. The van der Waals surface area contributed by atoms with Crippen molar-refractivity contribution in [2.75, 3.05) is 19.1 Å². The normalized spacial score (nSPS) is 15.0. The van der Waals surface area contributed by atoms with Crippen molar-refractivity contribution in [1.82, 2.24) is 4.98 Å². The highest BCUT2D eigenvalue weighted by atomic mass is 16.5. The molecular formula is C26H28N2O4. The number of methoxy groups -OCH3 is 2. The number of carbonyl (C=O) groups excluding carboxylic acids is 1. The number of pyridine rings is 1. The number of nitrogens with zero attached hydrogens (tertiary/aromatic N) is 2. The Bertz CT molecular complexity index is 1060. The van der Waals surface area contributed by atoms with Gasteiger partial charge in [-0.2, -0.15) is 0 Å². The van der Waals surface area contributed by atoms with Gasteiger partial charge in [0.15, 0.2) is 0 Å². The molecule has 3 aromatic rings. The number of aliphatic hydroxyl groups excluding tert-OH is 1. The fourth-order valence-corrected chi connectivity index (χ4v) is 4.21. The molecule has 1 N–H and O–H groups in total. The number of rotatable bonds is 7. The van der Waals surface area contributed by atoms with Gasteiger partial charge in [0, 0.05) is 5.69 Å². The molecule has 1 unspecified atom stereocenters. The fourth-order valence-electron chi connectivity index (χ4n) is 4.21. The number of carbonyl (C=O) groups is 1. The highest BCUT2D eigenvalue weighted by molar-refractivity contribution is 5.98. The summed E-state index contributed by atoms with van der Waals surface area (Å²) in [6, 6.07) is 17.2. The SMILES string of the molecule is COc1ccc(CN(C(=O)C2CCCc3ccc(OC)cc32)c2ccc(CO)cc2)nc1. The van der Waals surface area contributed by atoms with Crippen molar-refractivity contribution in [1.29, 1.82) is 0 Å². The summed E-state index contributed by atoms with van der Waals surface area (Å²) in [5, 5.41) is 9.41. The van der Waals surface area contributed by atoms with Crippen LogP contribution in [0.1, 0.15) is 41.1 Å². The van der Waals surface area contributed by atoms with Crippen molar-refractivity contribution in [2.45, 2.75) is 38.3 Å². The van der Waals surface area contributed by atoms with Gasteiger partial charge in [0.25, 0.3) is 0 Å². The standard InChI is InChI=1S/C26H28N2O4/c1-31-22-12-8-19-4-3-5-24(25(19)14-22)26(30)28(21-10-6-18(17-29)7-11-21)16-20-9-13-23(32-2)15-27-20/h6-15,24,29H,3-5,16-17H2,1-2H3. The second-order valence-corrected chi connectivity index (χ2v) is 7.95. The van der Waals surface area contributed by atoms with E-state index in [2.05, 4.69) is 11.1 Å². The lowest BCUT2D eigenvalue weighted by atomic mass is 9.81. The Balaban J connectivity index is 1.69. The van der Waals surface area contributed by atoms with Crippen molar-refractivity contribution < 1.29 is 19.4 Å². The molecule has 0 radical (unpaired) electrons. The largest absolute Gasteiger partial charge is 0.497 e. The van der Waals surface area contributed by atoms with E-state index in [9.17, 15) is 9.90 Å². The number of fused-ring (bicyclic) bond motifs is 1. The van der Waals surface area contributed by atoms with E-state index in [1.165, 1.54) is 5.56 Å². The average molecular weight is 433 g/mol. The summed E-state index contributed by atoms with van der Waals surface area (Å²) in [5.41, 5.74) is 4.59. The van der Waals surface area contributed by atoms with Crippen LogP contribution >= 0.6 is 0 Å². The minimum Gasteiger partial charge on any atom is -0.497 e. The Morgan fingerprint density at radius 1 is 1.06 bits per heavy atom. The summed E-state index contributed by atoms with van der Waals surface area (Å²) in [4.78, 5) is 20.2. The molecule has 0 saturated carbocycles. The molecule has 6 nitrogen and oxygen atoms in total. The Labute approximate surface area is 188 Å². The van der Waals surface area contributed by atoms with Crippen LogP contribution in [0.2, 0.25) is 0 Å². The van der Waals surface area contributed by atoms with Crippen molar-refractivity contribution in [3.63, 3.8) is 0 Å². The van der Waals surface area contributed by atoms with Gasteiger partial charge >= 0.3 is 0 Å². The van der Waals surface area contributed by atoms with Crippen LogP contribution in [-0.2, 0) is 24.4 Å². The molecule has 4 rings (SSSR count). The van der Waals surface area contributed by atoms with Gasteiger partial charge < -0.3 is 19.5 Å². The third-order valence-corrected chi connectivity index (χ3v) is 6.02. The summed E-state index contributed by atoms with van der Waals surface area (Å²) in [5.74, 6) is 1.23. The van der Waals surface area contributed by atoms with Crippen molar-refractivity contribution in [3.8, 4) is 11.5 Å². The Hall–Kier alpha value is -3.38. The number of aromatic nitrogens is 1. The topological polar surface area (TPSA) is 71.9 Å². The minimum atomic E-state index is -0.246. The molecule has 32 heavy (non-hydrogen) atoms. The van der Waals surface area contributed by atoms with Gasteiger partial charge in [-0.15, -0.1) is 0 Å². The van der Waals surface area contributed by atoms with Crippen LogP contribution in [0.25, 0.3) is 0 Å². The first-order valence-corrected chi connectivity index (χ1v) is 10.8. The number of ether oxygens (including phenoxy) is 2. The second kappa shape index (κ2) is 9.83. The molecule has 1 atom stereocenters. The number of anilines is 1. The summed E-state index contributed by atoms with van der Waals surface area (Å²) in [6.07, 6.45) is 4.38. The molecule has 1 heterocycles. The van der Waals surface area contributed by atoms with E-state index >= 15 is 0 Å². The zero-order valence-electron chi connectivity index (χ0n) is 18.5. The molecule has 1 amide bonds. The van der Waals surface area contributed by atoms with Gasteiger partial charge in [-0.1, -0.05) is 18.2 Å². The van der Waals surface area contributed by atoms with E-state index in [1.807, 2.05) is 48.5 Å². The molecule has 0 bridgehead atoms. The Kier molecular flexibility index (Phi) is 6.71. The highest BCUT2D eigenvalue weighted by Crippen LogP contribution is 2.36. The van der Waals surface area contributed by atoms with Crippen molar-refractivity contribution >= 4 is 11.6 Å². The highest BCUT2D eigenvalue weighted by Gasteiger charge is 2.31. The Morgan fingerprint density at radius 3 is 2.47 bits per heavy atom.